The number of likely N-dealkylation sites (N-methyl/N-ethyl adjacent to an activating group) is 1. The van der Waals surface area contributed by atoms with Crippen molar-refractivity contribution in [3.05, 3.63) is 41.2 Å². The van der Waals surface area contributed by atoms with Gasteiger partial charge in [-0.25, -0.2) is 4.79 Å². The number of primary amides is 1. The van der Waals surface area contributed by atoms with E-state index in [9.17, 15) is 9.59 Å². The highest BCUT2D eigenvalue weighted by atomic mass is 16.2. The fourth-order valence-electron chi connectivity index (χ4n) is 7.89. The molecule has 5 aliphatic rings. The molecule has 3 saturated heterocycles. The van der Waals surface area contributed by atoms with E-state index in [1.807, 2.05) is 18.0 Å². The molecule has 43 heavy (non-hydrogen) atoms. The van der Waals surface area contributed by atoms with Crippen LogP contribution in [0.25, 0.3) is 0 Å². The van der Waals surface area contributed by atoms with Crippen molar-refractivity contribution in [1.29, 1.82) is 0 Å². The number of likely N-dealkylation sites (tertiary alicyclic amines) is 2. The molecule has 0 bridgehead atoms. The Bertz CT molecular complexity index is 1250. The van der Waals surface area contributed by atoms with E-state index in [4.69, 9.17) is 10.7 Å². The second-order valence-electron chi connectivity index (χ2n) is 13.9. The molecule has 234 valence electrons. The minimum atomic E-state index is -0.510. The van der Waals surface area contributed by atoms with Crippen LogP contribution < -0.4 is 11.1 Å². The molecule has 0 radical (unpaired) electrons. The zero-order chi connectivity index (χ0) is 30.3. The van der Waals surface area contributed by atoms with E-state index < -0.39 is 5.91 Å². The summed E-state index contributed by atoms with van der Waals surface area (Å²) in [6, 6.07) is 10.1. The van der Waals surface area contributed by atoms with Crippen molar-refractivity contribution < 1.29 is 9.59 Å². The van der Waals surface area contributed by atoms with E-state index in [-0.39, 0.29) is 35.4 Å². The highest BCUT2D eigenvalue weighted by Crippen LogP contribution is 2.40. The molecule has 4 atom stereocenters. The van der Waals surface area contributed by atoms with Crippen molar-refractivity contribution >= 4 is 23.8 Å². The molecule has 1 aliphatic carbocycles. The van der Waals surface area contributed by atoms with Crippen LogP contribution in [0.3, 0.4) is 0 Å². The van der Waals surface area contributed by atoms with E-state index in [1.54, 1.807) is 0 Å². The number of hydrogen-bond acceptors (Lipinski definition) is 6. The van der Waals surface area contributed by atoms with Gasteiger partial charge >= 0.3 is 6.03 Å². The number of amides is 3. The summed E-state index contributed by atoms with van der Waals surface area (Å²) in [6.45, 7) is 15.4. The maximum Gasteiger partial charge on any atom is 0.320 e. The van der Waals surface area contributed by atoms with E-state index in [1.165, 1.54) is 44.3 Å². The fourth-order valence-corrected chi connectivity index (χ4v) is 7.89. The number of nitrogens with zero attached hydrogens (tertiary/aromatic N) is 5. The monoisotopic (exact) mass is 589 g/mol. The molecule has 6 rings (SSSR count). The van der Waals surface area contributed by atoms with E-state index in [2.05, 4.69) is 65.1 Å². The summed E-state index contributed by atoms with van der Waals surface area (Å²) in [5, 5.41) is 3.58. The molecular weight excluding hydrogens is 538 g/mol. The standard InChI is InChI=1S/C34H51N7O2/c1-5-38-19-20-41(33(38)43)28-7-6-16-40(22-28)29-21-36-31(32(35)42)30(24(3)23(29)2)37-26-10-8-25(9-11-26)34(4)14-17-39(18-15-34)27-12-13-27/h8-11,21,23-24,27-29,37H,5-7,12-20,22H2,1-4H3,(H2,35,42). The molecule has 3 N–H and O–H groups in total. The van der Waals surface area contributed by atoms with Crippen molar-refractivity contribution in [1.82, 2.24) is 19.6 Å². The fraction of sp³-hybridized carbons (Fsp3) is 0.676. The third-order valence-corrected chi connectivity index (χ3v) is 11.3. The van der Waals surface area contributed by atoms with Gasteiger partial charge in [0.25, 0.3) is 5.91 Å². The number of carbonyl (C=O) groups excluding carboxylic acids is 2. The molecule has 4 aliphatic heterocycles. The van der Waals surface area contributed by atoms with Crippen LogP contribution in [0, 0.1) is 11.8 Å². The zero-order valence-electron chi connectivity index (χ0n) is 26.6. The Morgan fingerprint density at radius 3 is 2.35 bits per heavy atom. The first-order valence-corrected chi connectivity index (χ1v) is 16.7. The smallest absolute Gasteiger partial charge is 0.320 e. The van der Waals surface area contributed by atoms with Gasteiger partial charge in [0.05, 0.1) is 5.70 Å². The molecule has 1 saturated carbocycles. The molecular formula is C34H51N7O2. The molecule has 1 aromatic rings. The summed E-state index contributed by atoms with van der Waals surface area (Å²) in [7, 11) is 0. The number of piperidine rings is 2. The SMILES string of the molecule is CCN1CCN(C2CCCN(C3C=NC(C(N)=O)=C(Nc4ccc(C5(C)CCN(C6CC6)CC5)cc4)C(C)C3C)C2)C1=O. The Labute approximate surface area is 257 Å². The number of nitrogens with two attached hydrogens (primary N) is 1. The predicted octanol–water partition coefficient (Wildman–Crippen LogP) is 4.26. The summed E-state index contributed by atoms with van der Waals surface area (Å²) in [4.78, 5) is 39.5. The van der Waals surface area contributed by atoms with Gasteiger partial charge in [-0.3, -0.25) is 14.7 Å². The summed E-state index contributed by atoms with van der Waals surface area (Å²) in [5.41, 5.74) is 9.56. The van der Waals surface area contributed by atoms with Gasteiger partial charge in [-0.2, -0.15) is 0 Å². The number of allylic oxidation sites excluding steroid dienone is 1. The van der Waals surface area contributed by atoms with Crippen LogP contribution in [0.2, 0.25) is 0 Å². The average Bonchev–Trinajstić information content (AvgIpc) is 3.81. The summed E-state index contributed by atoms with van der Waals surface area (Å²) in [5.74, 6) is -0.287. The summed E-state index contributed by atoms with van der Waals surface area (Å²) in [6.07, 6.45) is 9.13. The van der Waals surface area contributed by atoms with Crippen LogP contribution in [-0.4, -0.2) is 102 Å². The van der Waals surface area contributed by atoms with Crippen molar-refractivity contribution in [2.24, 2.45) is 22.6 Å². The molecule has 9 heteroatoms. The minimum absolute atomic E-state index is 0.0309. The van der Waals surface area contributed by atoms with Gasteiger partial charge in [-0.05, 0) is 94.1 Å². The maximum atomic E-state index is 12.9. The lowest BCUT2D eigenvalue weighted by Crippen LogP contribution is -2.54. The molecule has 0 spiro atoms. The molecule has 1 aromatic carbocycles. The largest absolute Gasteiger partial charge is 0.364 e. The van der Waals surface area contributed by atoms with E-state index in [0.717, 1.165) is 63.0 Å². The first-order valence-electron chi connectivity index (χ1n) is 16.7. The van der Waals surface area contributed by atoms with Gasteiger partial charge in [-0.15, -0.1) is 0 Å². The van der Waals surface area contributed by atoms with Crippen LogP contribution in [0.4, 0.5) is 10.5 Å². The Morgan fingerprint density at radius 1 is 1.00 bits per heavy atom. The van der Waals surface area contributed by atoms with Crippen molar-refractivity contribution in [2.75, 3.05) is 51.1 Å². The third-order valence-electron chi connectivity index (χ3n) is 11.3. The Morgan fingerprint density at radius 2 is 1.72 bits per heavy atom. The lowest BCUT2D eigenvalue weighted by atomic mass is 9.74. The second kappa shape index (κ2) is 12.2. The number of hydrogen-bond donors (Lipinski definition) is 2. The average molecular weight is 590 g/mol. The van der Waals surface area contributed by atoms with E-state index in [0.29, 0.717) is 5.70 Å². The lowest BCUT2D eigenvalue weighted by molar-refractivity contribution is -0.114. The number of benzene rings is 1. The Balaban J connectivity index is 1.14. The number of anilines is 1. The number of nitrogens with one attached hydrogen (secondary N) is 1. The number of rotatable bonds is 8. The minimum Gasteiger partial charge on any atom is -0.364 e. The second-order valence-corrected chi connectivity index (χ2v) is 13.9. The van der Waals surface area contributed by atoms with Crippen LogP contribution in [0.15, 0.2) is 40.7 Å². The molecule has 4 fully saturated rings. The van der Waals surface area contributed by atoms with Gasteiger partial charge in [0.1, 0.15) is 5.70 Å². The van der Waals surface area contributed by atoms with Gasteiger partial charge in [0, 0.05) is 62.1 Å². The third kappa shape index (κ3) is 6.07. The predicted molar refractivity (Wildman–Crippen MR) is 172 cm³/mol. The molecule has 3 amide bonds. The van der Waals surface area contributed by atoms with Crippen LogP contribution in [0.5, 0.6) is 0 Å². The highest BCUT2D eigenvalue weighted by Gasteiger charge is 2.40. The molecule has 4 unspecified atom stereocenters. The lowest BCUT2D eigenvalue weighted by Gasteiger charge is -2.42. The van der Waals surface area contributed by atoms with Crippen molar-refractivity contribution in [2.45, 2.75) is 89.8 Å². The zero-order valence-corrected chi connectivity index (χ0v) is 26.6. The number of carbonyl (C=O) groups is 2. The van der Waals surface area contributed by atoms with Crippen LogP contribution in [-0.2, 0) is 10.2 Å². The van der Waals surface area contributed by atoms with Crippen molar-refractivity contribution in [3.8, 4) is 0 Å². The number of urea groups is 1. The highest BCUT2D eigenvalue weighted by molar-refractivity contribution is 5.95. The Kier molecular flexibility index (Phi) is 8.57. The normalized spacial score (nSPS) is 30.6. The quantitative estimate of drug-likeness (QED) is 0.473. The van der Waals surface area contributed by atoms with E-state index >= 15 is 0 Å². The Hall–Kier alpha value is -2.91. The molecule has 0 aromatic heterocycles. The first-order chi connectivity index (χ1) is 20.7. The van der Waals surface area contributed by atoms with Gasteiger partial charge < -0.3 is 25.8 Å². The van der Waals surface area contributed by atoms with Gasteiger partial charge in [-0.1, -0.05) is 32.9 Å². The first kappa shape index (κ1) is 30.1. The van der Waals surface area contributed by atoms with Crippen LogP contribution in [0.1, 0.15) is 71.8 Å². The van der Waals surface area contributed by atoms with Crippen LogP contribution >= 0.6 is 0 Å². The summed E-state index contributed by atoms with van der Waals surface area (Å²) < 4.78 is 0. The number of aliphatic imine (C=N–C) groups is 1. The van der Waals surface area contributed by atoms with Gasteiger partial charge in [0.2, 0.25) is 0 Å². The maximum absolute atomic E-state index is 12.9. The van der Waals surface area contributed by atoms with Gasteiger partial charge in [0.15, 0.2) is 0 Å². The molecule has 9 nitrogen and oxygen atoms in total. The topological polar surface area (TPSA) is 97.5 Å². The summed E-state index contributed by atoms with van der Waals surface area (Å²) >= 11 is 0. The molecule has 4 heterocycles. The van der Waals surface area contributed by atoms with Crippen molar-refractivity contribution in [3.63, 3.8) is 0 Å².